The van der Waals surface area contributed by atoms with Gasteiger partial charge in [0.05, 0.1) is 26.0 Å². The fraction of sp³-hybridized carbons (Fsp3) is 0.357. The summed E-state index contributed by atoms with van der Waals surface area (Å²) in [6, 6.07) is 7.89. The third-order valence-corrected chi connectivity index (χ3v) is 3.48. The Hall–Kier alpha value is -1.43. The third kappa shape index (κ3) is 4.31. The monoisotopic (exact) mass is 278 g/mol. The van der Waals surface area contributed by atoms with Gasteiger partial charge in [-0.3, -0.25) is 0 Å². The molecular formula is C14H18N2O2S. The van der Waals surface area contributed by atoms with Crippen LogP contribution in [0.25, 0.3) is 0 Å². The summed E-state index contributed by atoms with van der Waals surface area (Å²) in [5.41, 5.74) is 2.09. The van der Waals surface area contributed by atoms with E-state index in [1.807, 2.05) is 36.7 Å². The highest BCUT2D eigenvalue weighted by Gasteiger charge is 2.02. The number of aromatic nitrogens is 1. The van der Waals surface area contributed by atoms with Crippen molar-refractivity contribution in [1.29, 1.82) is 0 Å². The van der Waals surface area contributed by atoms with Crippen molar-refractivity contribution in [3.05, 3.63) is 45.9 Å². The van der Waals surface area contributed by atoms with Crippen LogP contribution in [0.4, 0.5) is 0 Å². The molecule has 2 aromatic rings. The summed E-state index contributed by atoms with van der Waals surface area (Å²) >= 11 is 1.65. The van der Waals surface area contributed by atoms with Gasteiger partial charge in [-0.2, -0.15) is 0 Å². The van der Waals surface area contributed by atoms with Gasteiger partial charge in [0.25, 0.3) is 0 Å². The van der Waals surface area contributed by atoms with Gasteiger partial charge in [-0.05, 0) is 24.7 Å². The average molecular weight is 278 g/mol. The zero-order valence-electron chi connectivity index (χ0n) is 11.2. The van der Waals surface area contributed by atoms with Crippen LogP contribution in [0.15, 0.2) is 29.6 Å². The SMILES string of the molecule is CNCc1nc(COCc2cccc(OC)c2)cs1. The molecule has 1 aromatic heterocycles. The number of benzene rings is 1. The van der Waals surface area contributed by atoms with E-state index in [0.717, 1.165) is 28.6 Å². The van der Waals surface area contributed by atoms with E-state index in [2.05, 4.69) is 10.3 Å². The van der Waals surface area contributed by atoms with Crippen molar-refractivity contribution in [2.24, 2.45) is 0 Å². The normalized spacial score (nSPS) is 10.6. The van der Waals surface area contributed by atoms with E-state index in [0.29, 0.717) is 13.2 Å². The largest absolute Gasteiger partial charge is 0.497 e. The number of thiazole rings is 1. The highest BCUT2D eigenvalue weighted by molar-refractivity contribution is 7.09. The molecule has 0 bridgehead atoms. The fourth-order valence-electron chi connectivity index (χ4n) is 1.68. The molecule has 4 nitrogen and oxygen atoms in total. The van der Waals surface area contributed by atoms with Crippen molar-refractivity contribution in [2.75, 3.05) is 14.2 Å². The Balaban J connectivity index is 1.81. The van der Waals surface area contributed by atoms with Crippen LogP contribution in [0.1, 0.15) is 16.3 Å². The molecule has 0 fully saturated rings. The predicted molar refractivity (Wildman–Crippen MR) is 76.4 cm³/mol. The molecule has 0 unspecified atom stereocenters. The van der Waals surface area contributed by atoms with Gasteiger partial charge in [-0.1, -0.05) is 12.1 Å². The Morgan fingerprint density at radius 1 is 1.32 bits per heavy atom. The molecule has 0 aliphatic carbocycles. The minimum absolute atomic E-state index is 0.539. The Morgan fingerprint density at radius 2 is 2.21 bits per heavy atom. The van der Waals surface area contributed by atoms with Crippen molar-refractivity contribution in [3.63, 3.8) is 0 Å². The second kappa shape index (κ2) is 7.23. The van der Waals surface area contributed by atoms with Crippen LogP contribution in [-0.2, 0) is 24.5 Å². The van der Waals surface area contributed by atoms with Crippen LogP contribution in [0.5, 0.6) is 5.75 Å². The van der Waals surface area contributed by atoms with Crippen molar-refractivity contribution >= 4 is 11.3 Å². The number of rotatable bonds is 7. The Morgan fingerprint density at radius 3 is 3.00 bits per heavy atom. The highest BCUT2D eigenvalue weighted by Crippen LogP contribution is 2.15. The van der Waals surface area contributed by atoms with E-state index in [1.54, 1.807) is 18.4 Å². The lowest BCUT2D eigenvalue weighted by atomic mass is 10.2. The average Bonchev–Trinajstić information content (AvgIpc) is 2.87. The van der Waals surface area contributed by atoms with Gasteiger partial charge in [0, 0.05) is 11.9 Å². The lowest BCUT2D eigenvalue weighted by molar-refractivity contribution is 0.105. The minimum Gasteiger partial charge on any atom is -0.497 e. The molecule has 0 aliphatic heterocycles. The topological polar surface area (TPSA) is 43.4 Å². The molecule has 0 spiro atoms. The lowest BCUT2D eigenvalue weighted by Crippen LogP contribution is -2.04. The third-order valence-electron chi connectivity index (χ3n) is 2.58. The van der Waals surface area contributed by atoms with Gasteiger partial charge in [-0.25, -0.2) is 4.98 Å². The van der Waals surface area contributed by atoms with Crippen molar-refractivity contribution in [3.8, 4) is 5.75 Å². The maximum atomic E-state index is 5.66. The summed E-state index contributed by atoms with van der Waals surface area (Å²) < 4.78 is 10.8. The van der Waals surface area contributed by atoms with E-state index >= 15 is 0 Å². The van der Waals surface area contributed by atoms with E-state index in [9.17, 15) is 0 Å². The summed E-state index contributed by atoms with van der Waals surface area (Å²) in [7, 11) is 3.58. The summed E-state index contributed by atoms with van der Waals surface area (Å²) in [6.45, 7) is 1.91. The number of hydrogen-bond acceptors (Lipinski definition) is 5. The maximum Gasteiger partial charge on any atom is 0.119 e. The van der Waals surface area contributed by atoms with Crippen molar-refractivity contribution in [2.45, 2.75) is 19.8 Å². The van der Waals surface area contributed by atoms with Crippen LogP contribution in [-0.4, -0.2) is 19.1 Å². The van der Waals surface area contributed by atoms with Gasteiger partial charge in [0.1, 0.15) is 10.8 Å². The van der Waals surface area contributed by atoms with E-state index in [-0.39, 0.29) is 0 Å². The van der Waals surface area contributed by atoms with Crippen LogP contribution in [0, 0.1) is 0 Å². The number of nitrogens with one attached hydrogen (secondary N) is 1. The molecule has 0 amide bonds. The van der Waals surface area contributed by atoms with E-state index in [4.69, 9.17) is 9.47 Å². The van der Waals surface area contributed by atoms with Gasteiger partial charge in [-0.15, -0.1) is 11.3 Å². The Bertz CT molecular complexity index is 514. The lowest BCUT2D eigenvalue weighted by Gasteiger charge is -2.05. The van der Waals surface area contributed by atoms with Gasteiger partial charge < -0.3 is 14.8 Å². The second-order valence-electron chi connectivity index (χ2n) is 4.11. The predicted octanol–water partition coefficient (Wildman–Crippen LogP) is 2.59. The molecule has 0 aliphatic rings. The fourth-order valence-corrected chi connectivity index (χ4v) is 2.47. The maximum absolute atomic E-state index is 5.66. The minimum atomic E-state index is 0.539. The number of nitrogens with zero attached hydrogens (tertiary/aromatic N) is 1. The number of ether oxygens (including phenoxy) is 2. The van der Waals surface area contributed by atoms with Gasteiger partial charge >= 0.3 is 0 Å². The molecule has 1 heterocycles. The first-order chi connectivity index (χ1) is 9.31. The molecule has 19 heavy (non-hydrogen) atoms. The molecule has 5 heteroatoms. The smallest absolute Gasteiger partial charge is 0.119 e. The van der Waals surface area contributed by atoms with Crippen LogP contribution in [0.3, 0.4) is 0 Å². The quantitative estimate of drug-likeness (QED) is 0.845. The summed E-state index contributed by atoms with van der Waals surface area (Å²) in [5.74, 6) is 0.853. The van der Waals surface area contributed by atoms with Gasteiger partial charge in [0.15, 0.2) is 0 Å². The zero-order valence-corrected chi connectivity index (χ0v) is 12.0. The molecule has 0 atom stereocenters. The molecule has 2 rings (SSSR count). The first-order valence-corrected chi connectivity index (χ1v) is 6.98. The number of hydrogen-bond donors (Lipinski definition) is 1. The van der Waals surface area contributed by atoms with Crippen molar-refractivity contribution in [1.82, 2.24) is 10.3 Å². The molecule has 1 aromatic carbocycles. The molecule has 102 valence electrons. The van der Waals surface area contributed by atoms with E-state index in [1.165, 1.54) is 0 Å². The van der Waals surface area contributed by atoms with Crippen LogP contribution >= 0.6 is 11.3 Å². The van der Waals surface area contributed by atoms with Gasteiger partial charge in [0.2, 0.25) is 0 Å². The Labute approximate surface area is 117 Å². The molecule has 0 radical (unpaired) electrons. The molecule has 0 saturated heterocycles. The Kier molecular flexibility index (Phi) is 5.32. The van der Waals surface area contributed by atoms with Crippen LogP contribution < -0.4 is 10.1 Å². The summed E-state index contributed by atoms with van der Waals surface area (Å²) in [4.78, 5) is 4.47. The first kappa shape index (κ1) is 14.0. The second-order valence-corrected chi connectivity index (χ2v) is 5.05. The van der Waals surface area contributed by atoms with Crippen molar-refractivity contribution < 1.29 is 9.47 Å². The highest BCUT2D eigenvalue weighted by atomic mass is 32.1. The molecule has 1 N–H and O–H groups in total. The molecule has 0 saturated carbocycles. The molecular weight excluding hydrogens is 260 g/mol. The number of methoxy groups -OCH3 is 1. The zero-order chi connectivity index (χ0) is 13.5. The first-order valence-electron chi connectivity index (χ1n) is 6.10. The summed E-state index contributed by atoms with van der Waals surface area (Å²) in [6.07, 6.45) is 0. The summed E-state index contributed by atoms with van der Waals surface area (Å²) in [5, 5.41) is 6.21. The standard InChI is InChI=1S/C14H18N2O2S/c1-15-7-14-16-12(10-19-14)9-18-8-11-4-3-5-13(6-11)17-2/h3-6,10,15H,7-9H2,1-2H3. The van der Waals surface area contributed by atoms with Crippen LogP contribution in [0.2, 0.25) is 0 Å². The van der Waals surface area contributed by atoms with E-state index < -0.39 is 0 Å².